The zero-order valence-electron chi connectivity index (χ0n) is 11.1. The zero-order chi connectivity index (χ0) is 13.8. The Balaban J connectivity index is 1.45. The fraction of sp³-hybridized carbons (Fsp3) is 0.357. The Morgan fingerprint density at radius 1 is 1.30 bits per heavy atom. The van der Waals surface area contributed by atoms with Crippen molar-refractivity contribution in [2.75, 3.05) is 11.9 Å². The monoisotopic (exact) mass is 271 g/mol. The highest BCUT2D eigenvalue weighted by Crippen LogP contribution is 2.38. The van der Waals surface area contributed by atoms with Crippen molar-refractivity contribution < 1.29 is 4.79 Å². The lowest BCUT2D eigenvalue weighted by molar-refractivity contribution is 0.251. The van der Waals surface area contributed by atoms with Crippen LogP contribution in [0.25, 0.3) is 0 Å². The lowest BCUT2D eigenvalue weighted by Crippen LogP contribution is -2.31. The van der Waals surface area contributed by atoms with Gasteiger partial charge in [0.25, 0.3) is 0 Å². The van der Waals surface area contributed by atoms with E-state index >= 15 is 0 Å². The highest BCUT2D eigenvalue weighted by atomic mass is 16.2. The van der Waals surface area contributed by atoms with Gasteiger partial charge < -0.3 is 15.2 Å². The van der Waals surface area contributed by atoms with Crippen LogP contribution in [0.4, 0.5) is 10.5 Å². The van der Waals surface area contributed by atoms with E-state index in [-0.39, 0.29) is 6.03 Å². The standard InChI is InChI=1S/C14H17N5O/c20-14(17-12-4-2-1-3-5-12)15-8-9-19-10-16-18-13(19)11-6-7-11/h1-5,10-11H,6-9H2,(H2,15,17,20). The van der Waals surface area contributed by atoms with Crippen LogP contribution in [0.15, 0.2) is 36.7 Å². The van der Waals surface area contributed by atoms with Gasteiger partial charge in [-0.2, -0.15) is 0 Å². The van der Waals surface area contributed by atoms with E-state index in [0.717, 1.165) is 11.5 Å². The highest BCUT2D eigenvalue weighted by Gasteiger charge is 2.28. The van der Waals surface area contributed by atoms with Gasteiger partial charge in [-0.25, -0.2) is 4.79 Å². The molecule has 0 unspecified atom stereocenters. The first-order valence-corrected chi connectivity index (χ1v) is 6.80. The summed E-state index contributed by atoms with van der Waals surface area (Å²) in [6, 6.07) is 9.18. The maximum absolute atomic E-state index is 11.7. The normalized spacial score (nSPS) is 14.0. The number of carbonyl (C=O) groups excluding carboxylic acids is 1. The summed E-state index contributed by atoms with van der Waals surface area (Å²) in [4.78, 5) is 11.7. The summed E-state index contributed by atoms with van der Waals surface area (Å²) in [5, 5.41) is 13.7. The number of hydrogen-bond donors (Lipinski definition) is 2. The fourth-order valence-corrected chi connectivity index (χ4v) is 2.08. The van der Waals surface area contributed by atoms with Crippen molar-refractivity contribution in [3.8, 4) is 0 Å². The van der Waals surface area contributed by atoms with Gasteiger partial charge >= 0.3 is 6.03 Å². The third-order valence-electron chi connectivity index (χ3n) is 3.26. The molecule has 2 amide bonds. The number of benzene rings is 1. The SMILES string of the molecule is O=C(NCCn1cnnc1C1CC1)Nc1ccccc1. The molecule has 0 spiro atoms. The van der Waals surface area contributed by atoms with E-state index < -0.39 is 0 Å². The Hall–Kier alpha value is -2.37. The Morgan fingerprint density at radius 2 is 2.10 bits per heavy atom. The van der Waals surface area contributed by atoms with Gasteiger partial charge in [0.1, 0.15) is 12.2 Å². The molecule has 2 N–H and O–H groups in total. The molecular formula is C14H17N5O. The number of anilines is 1. The summed E-state index contributed by atoms with van der Waals surface area (Å²) in [7, 11) is 0. The molecule has 1 aromatic heterocycles. The van der Waals surface area contributed by atoms with Crippen molar-refractivity contribution >= 4 is 11.7 Å². The van der Waals surface area contributed by atoms with Gasteiger partial charge in [0, 0.05) is 24.7 Å². The van der Waals surface area contributed by atoms with E-state index in [1.54, 1.807) is 6.33 Å². The van der Waals surface area contributed by atoms with E-state index in [2.05, 4.69) is 20.8 Å². The van der Waals surface area contributed by atoms with Crippen molar-refractivity contribution in [1.82, 2.24) is 20.1 Å². The smallest absolute Gasteiger partial charge is 0.319 e. The Kier molecular flexibility index (Phi) is 3.62. The molecular weight excluding hydrogens is 254 g/mol. The van der Waals surface area contributed by atoms with Crippen molar-refractivity contribution in [3.63, 3.8) is 0 Å². The Labute approximate surface area is 117 Å². The maximum Gasteiger partial charge on any atom is 0.319 e. The van der Waals surface area contributed by atoms with Crippen LogP contribution in [-0.2, 0) is 6.54 Å². The van der Waals surface area contributed by atoms with E-state index in [4.69, 9.17) is 0 Å². The lowest BCUT2D eigenvalue weighted by Gasteiger charge is -2.09. The number of urea groups is 1. The number of nitrogens with zero attached hydrogens (tertiary/aromatic N) is 3. The molecule has 104 valence electrons. The molecule has 0 bridgehead atoms. The van der Waals surface area contributed by atoms with Crippen molar-refractivity contribution in [3.05, 3.63) is 42.5 Å². The molecule has 6 nitrogen and oxygen atoms in total. The first-order valence-electron chi connectivity index (χ1n) is 6.80. The average molecular weight is 271 g/mol. The van der Waals surface area contributed by atoms with Gasteiger partial charge in [0.2, 0.25) is 0 Å². The molecule has 3 rings (SSSR count). The van der Waals surface area contributed by atoms with Gasteiger partial charge in [-0.1, -0.05) is 18.2 Å². The number of nitrogens with one attached hydrogen (secondary N) is 2. The molecule has 20 heavy (non-hydrogen) atoms. The number of rotatable bonds is 5. The third-order valence-corrected chi connectivity index (χ3v) is 3.26. The molecule has 0 radical (unpaired) electrons. The molecule has 1 fully saturated rings. The van der Waals surface area contributed by atoms with E-state index in [1.807, 2.05) is 34.9 Å². The van der Waals surface area contributed by atoms with Crippen LogP contribution < -0.4 is 10.6 Å². The van der Waals surface area contributed by atoms with Gasteiger partial charge in [0.15, 0.2) is 0 Å². The molecule has 0 atom stereocenters. The number of amides is 2. The minimum Gasteiger partial charge on any atom is -0.336 e. The van der Waals surface area contributed by atoms with Crippen LogP contribution in [0.2, 0.25) is 0 Å². The largest absolute Gasteiger partial charge is 0.336 e. The maximum atomic E-state index is 11.7. The number of para-hydroxylation sites is 1. The molecule has 2 aromatic rings. The predicted molar refractivity (Wildman–Crippen MR) is 75.5 cm³/mol. The second-order valence-corrected chi connectivity index (χ2v) is 4.90. The van der Waals surface area contributed by atoms with E-state index in [1.165, 1.54) is 12.8 Å². The minimum absolute atomic E-state index is 0.197. The fourth-order valence-electron chi connectivity index (χ4n) is 2.08. The number of aromatic nitrogens is 3. The summed E-state index contributed by atoms with van der Waals surface area (Å²) < 4.78 is 2.01. The van der Waals surface area contributed by atoms with E-state index in [9.17, 15) is 4.79 Å². The number of carbonyl (C=O) groups is 1. The van der Waals surface area contributed by atoms with Gasteiger partial charge in [-0.15, -0.1) is 10.2 Å². The third kappa shape index (κ3) is 3.14. The Bertz CT molecular complexity index is 576. The van der Waals surface area contributed by atoms with Crippen molar-refractivity contribution in [1.29, 1.82) is 0 Å². The molecule has 1 heterocycles. The summed E-state index contributed by atoms with van der Waals surface area (Å²) in [6.45, 7) is 1.25. The summed E-state index contributed by atoms with van der Waals surface area (Å²) in [6.07, 6.45) is 4.12. The van der Waals surface area contributed by atoms with Crippen molar-refractivity contribution in [2.45, 2.75) is 25.3 Å². The van der Waals surface area contributed by atoms with Gasteiger partial charge in [0.05, 0.1) is 0 Å². The molecule has 1 saturated carbocycles. The van der Waals surface area contributed by atoms with Gasteiger partial charge in [-0.3, -0.25) is 0 Å². The second-order valence-electron chi connectivity index (χ2n) is 4.90. The first-order chi connectivity index (χ1) is 9.83. The van der Waals surface area contributed by atoms with Crippen LogP contribution >= 0.6 is 0 Å². The molecule has 1 aliphatic rings. The van der Waals surface area contributed by atoms with Crippen LogP contribution in [-0.4, -0.2) is 27.3 Å². The summed E-state index contributed by atoms with van der Waals surface area (Å²) in [5.74, 6) is 1.60. The van der Waals surface area contributed by atoms with Crippen LogP contribution in [0.5, 0.6) is 0 Å². The predicted octanol–water partition coefficient (Wildman–Crippen LogP) is 1.98. The lowest BCUT2D eigenvalue weighted by atomic mass is 10.3. The summed E-state index contributed by atoms with van der Waals surface area (Å²) in [5.41, 5.74) is 0.785. The van der Waals surface area contributed by atoms with Crippen LogP contribution in [0, 0.1) is 0 Å². The average Bonchev–Trinajstić information content (AvgIpc) is 3.20. The highest BCUT2D eigenvalue weighted by molar-refractivity contribution is 5.89. The van der Waals surface area contributed by atoms with Crippen LogP contribution in [0.3, 0.4) is 0 Å². The quantitative estimate of drug-likeness (QED) is 0.873. The molecule has 6 heteroatoms. The first kappa shape index (κ1) is 12.7. The Morgan fingerprint density at radius 3 is 2.85 bits per heavy atom. The van der Waals surface area contributed by atoms with Crippen molar-refractivity contribution in [2.24, 2.45) is 0 Å². The molecule has 0 saturated heterocycles. The molecule has 1 aliphatic carbocycles. The van der Waals surface area contributed by atoms with E-state index in [0.29, 0.717) is 19.0 Å². The minimum atomic E-state index is -0.197. The summed E-state index contributed by atoms with van der Waals surface area (Å²) >= 11 is 0. The zero-order valence-corrected chi connectivity index (χ0v) is 11.1. The topological polar surface area (TPSA) is 71.8 Å². The molecule has 1 aromatic carbocycles. The molecule has 0 aliphatic heterocycles. The second kappa shape index (κ2) is 5.73. The van der Waals surface area contributed by atoms with Gasteiger partial charge in [-0.05, 0) is 25.0 Å². The van der Waals surface area contributed by atoms with Crippen LogP contribution in [0.1, 0.15) is 24.6 Å². The number of hydrogen-bond acceptors (Lipinski definition) is 3.